The first-order chi connectivity index (χ1) is 11.0. The first kappa shape index (κ1) is 18.7. The smallest absolute Gasteiger partial charge is 0.356 e. The largest absolute Gasteiger partial charge is 0.461 e. The lowest BCUT2D eigenvalue weighted by atomic mass is 9.98. The summed E-state index contributed by atoms with van der Waals surface area (Å²) >= 11 is 0. The molecule has 0 radical (unpaired) electrons. The Labute approximate surface area is 138 Å². The third kappa shape index (κ3) is 3.72. The molecule has 1 aliphatic rings. The van der Waals surface area contributed by atoms with E-state index in [-0.39, 0.29) is 43.2 Å². The zero-order chi connectivity index (χ0) is 18.3. The van der Waals surface area contributed by atoms with Crippen molar-refractivity contribution in [1.82, 2.24) is 9.78 Å². The molecular formula is C16H22F4N2O2. The highest BCUT2D eigenvalue weighted by atomic mass is 19.3. The summed E-state index contributed by atoms with van der Waals surface area (Å²) in [5, 5.41) is 3.85. The third-order valence-electron chi connectivity index (χ3n) is 4.47. The van der Waals surface area contributed by atoms with Gasteiger partial charge in [0.2, 0.25) is 5.92 Å². The molecule has 0 amide bonds. The van der Waals surface area contributed by atoms with Crippen molar-refractivity contribution in [3.8, 4) is 0 Å². The number of rotatable bonds is 5. The average Bonchev–Trinajstić information content (AvgIpc) is 2.86. The Morgan fingerprint density at radius 1 is 1.42 bits per heavy atom. The molecule has 1 heterocycles. The van der Waals surface area contributed by atoms with Gasteiger partial charge in [0.15, 0.2) is 0 Å². The summed E-state index contributed by atoms with van der Waals surface area (Å²) in [5.74, 6) is -7.50. The number of nitrogens with zero attached hydrogens (tertiary/aromatic N) is 2. The minimum atomic E-state index is -3.23. The molecule has 1 unspecified atom stereocenters. The van der Waals surface area contributed by atoms with Crippen LogP contribution in [0.5, 0.6) is 0 Å². The Kier molecular flexibility index (Phi) is 4.97. The van der Waals surface area contributed by atoms with Crippen LogP contribution in [0.25, 0.3) is 0 Å². The highest BCUT2D eigenvalue weighted by Gasteiger charge is 2.45. The molecule has 24 heavy (non-hydrogen) atoms. The molecule has 4 nitrogen and oxygen atoms in total. The maximum atomic E-state index is 13.7. The highest BCUT2D eigenvalue weighted by Crippen LogP contribution is 2.44. The van der Waals surface area contributed by atoms with E-state index < -0.39 is 29.4 Å². The van der Waals surface area contributed by atoms with Crippen LogP contribution in [-0.4, -0.2) is 28.3 Å². The maximum absolute atomic E-state index is 13.7. The molecule has 1 aromatic heterocycles. The van der Waals surface area contributed by atoms with E-state index in [1.54, 1.807) is 13.8 Å². The fourth-order valence-electron chi connectivity index (χ4n) is 3.33. The number of ether oxygens (including phenoxy) is 1. The van der Waals surface area contributed by atoms with Gasteiger partial charge < -0.3 is 4.74 Å². The van der Waals surface area contributed by atoms with Crippen LogP contribution in [0.1, 0.15) is 55.4 Å². The van der Waals surface area contributed by atoms with Gasteiger partial charge in [0.1, 0.15) is 11.4 Å². The fraction of sp³-hybridized carbons (Fsp3) is 0.750. The van der Waals surface area contributed by atoms with Crippen molar-refractivity contribution in [3.63, 3.8) is 0 Å². The van der Waals surface area contributed by atoms with E-state index in [2.05, 4.69) is 5.10 Å². The van der Waals surface area contributed by atoms with Crippen LogP contribution < -0.4 is 0 Å². The number of aromatic nitrogens is 2. The van der Waals surface area contributed by atoms with Gasteiger partial charge in [-0.05, 0) is 25.7 Å². The van der Waals surface area contributed by atoms with Gasteiger partial charge in [0.25, 0.3) is 5.92 Å². The predicted octanol–water partition coefficient (Wildman–Crippen LogP) is 4.16. The topological polar surface area (TPSA) is 44.1 Å². The number of hydrogen-bond acceptors (Lipinski definition) is 3. The molecule has 0 saturated heterocycles. The molecule has 1 aliphatic carbocycles. The number of halogens is 4. The second-order valence-corrected chi connectivity index (χ2v) is 6.61. The Balaban J connectivity index is 2.39. The first-order valence-corrected chi connectivity index (χ1v) is 7.97. The molecule has 1 saturated carbocycles. The second-order valence-electron chi connectivity index (χ2n) is 6.61. The van der Waals surface area contributed by atoms with E-state index >= 15 is 0 Å². The van der Waals surface area contributed by atoms with Crippen LogP contribution in [0, 0.1) is 18.8 Å². The molecule has 0 N–H and O–H groups in total. The van der Waals surface area contributed by atoms with Crippen molar-refractivity contribution in [2.45, 2.75) is 58.9 Å². The monoisotopic (exact) mass is 350 g/mol. The summed E-state index contributed by atoms with van der Waals surface area (Å²) in [6, 6.07) is 0. The molecule has 0 aliphatic heterocycles. The van der Waals surface area contributed by atoms with Crippen molar-refractivity contribution < 1.29 is 27.1 Å². The zero-order valence-electron chi connectivity index (χ0n) is 14.2. The van der Waals surface area contributed by atoms with Crippen LogP contribution in [0.2, 0.25) is 0 Å². The van der Waals surface area contributed by atoms with Crippen LogP contribution in [0.4, 0.5) is 17.6 Å². The zero-order valence-corrected chi connectivity index (χ0v) is 14.2. The lowest BCUT2D eigenvalue weighted by Crippen LogP contribution is -2.20. The van der Waals surface area contributed by atoms with Gasteiger partial charge >= 0.3 is 5.97 Å². The number of hydrogen-bond donors (Lipinski definition) is 0. The molecular weight excluding hydrogens is 328 g/mol. The predicted molar refractivity (Wildman–Crippen MR) is 79.3 cm³/mol. The summed E-state index contributed by atoms with van der Waals surface area (Å²) in [4.78, 5) is 12.1. The van der Waals surface area contributed by atoms with Crippen molar-refractivity contribution in [2.75, 3.05) is 6.61 Å². The lowest BCUT2D eigenvalue weighted by molar-refractivity contribution is 0.00180. The summed E-state index contributed by atoms with van der Waals surface area (Å²) in [6.07, 6.45) is -0.587. The van der Waals surface area contributed by atoms with Crippen molar-refractivity contribution >= 4 is 5.97 Å². The van der Waals surface area contributed by atoms with E-state index in [0.29, 0.717) is 6.92 Å². The molecule has 0 bridgehead atoms. The number of esters is 1. The van der Waals surface area contributed by atoms with E-state index in [1.807, 2.05) is 0 Å². The highest BCUT2D eigenvalue weighted by molar-refractivity contribution is 5.89. The van der Waals surface area contributed by atoms with Gasteiger partial charge in [-0.25, -0.2) is 13.6 Å². The van der Waals surface area contributed by atoms with E-state index in [0.717, 1.165) is 4.68 Å². The van der Waals surface area contributed by atoms with Crippen molar-refractivity contribution in [2.24, 2.45) is 11.8 Å². The quantitative estimate of drug-likeness (QED) is 0.592. The standard InChI is InChI=1S/C16H22F4N2O2/c1-5-24-14(23)12-10(3)13(15(4,17)18)21-22(12)8-11-7-16(19,20)6-9(11)2/h9,11H,5-8H2,1-4H3/t9-,11?/m1/s1. The van der Waals surface area contributed by atoms with Crippen molar-refractivity contribution in [1.29, 1.82) is 0 Å². The summed E-state index contributed by atoms with van der Waals surface area (Å²) in [6.45, 7) is 5.42. The lowest BCUT2D eigenvalue weighted by Gasteiger charge is -2.16. The van der Waals surface area contributed by atoms with E-state index in [9.17, 15) is 22.4 Å². The minimum absolute atomic E-state index is 0.0121. The van der Waals surface area contributed by atoms with Crippen molar-refractivity contribution in [3.05, 3.63) is 17.0 Å². The van der Waals surface area contributed by atoms with Gasteiger partial charge in [-0.1, -0.05) is 6.92 Å². The number of alkyl halides is 4. The van der Waals surface area contributed by atoms with E-state index in [4.69, 9.17) is 4.74 Å². The maximum Gasteiger partial charge on any atom is 0.356 e. The molecule has 1 aromatic rings. The minimum Gasteiger partial charge on any atom is -0.461 e. The van der Waals surface area contributed by atoms with Gasteiger partial charge in [-0.3, -0.25) is 4.68 Å². The Morgan fingerprint density at radius 3 is 2.50 bits per heavy atom. The molecule has 0 aromatic carbocycles. The molecule has 0 spiro atoms. The second kappa shape index (κ2) is 6.37. The van der Waals surface area contributed by atoms with Crippen LogP contribution in [-0.2, 0) is 17.2 Å². The number of carbonyl (C=O) groups is 1. The Hall–Kier alpha value is -1.60. The molecule has 136 valence electrons. The SMILES string of the molecule is CCOC(=O)c1c(C)c(C(C)(F)F)nn1CC1CC(F)(F)C[C@H]1C. The van der Waals surface area contributed by atoms with Gasteiger partial charge in [0.05, 0.1) is 6.61 Å². The van der Waals surface area contributed by atoms with Gasteiger partial charge in [-0.2, -0.15) is 13.9 Å². The van der Waals surface area contributed by atoms with Gasteiger partial charge in [0, 0.05) is 31.9 Å². The molecule has 2 rings (SSSR count). The van der Waals surface area contributed by atoms with Crippen LogP contribution in [0.15, 0.2) is 0 Å². The molecule has 2 atom stereocenters. The Bertz CT molecular complexity index is 622. The van der Waals surface area contributed by atoms with E-state index in [1.165, 1.54) is 6.92 Å². The fourth-order valence-corrected chi connectivity index (χ4v) is 3.33. The van der Waals surface area contributed by atoms with Crippen LogP contribution >= 0.6 is 0 Å². The Morgan fingerprint density at radius 2 is 2.04 bits per heavy atom. The summed E-state index contributed by atoms with van der Waals surface area (Å²) < 4.78 is 60.6. The van der Waals surface area contributed by atoms with Crippen LogP contribution in [0.3, 0.4) is 0 Å². The molecule has 8 heteroatoms. The first-order valence-electron chi connectivity index (χ1n) is 7.97. The normalized spacial score (nSPS) is 23.5. The average molecular weight is 350 g/mol. The van der Waals surface area contributed by atoms with Gasteiger partial charge in [-0.15, -0.1) is 0 Å². The summed E-state index contributed by atoms with van der Waals surface area (Å²) in [5.41, 5.74) is -0.586. The summed E-state index contributed by atoms with van der Waals surface area (Å²) in [7, 11) is 0. The number of carbonyl (C=O) groups excluding carboxylic acids is 1. The third-order valence-corrected chi connectivity index (χ3v) is 4.47. The molecule has 1 fully saturated rings.